The third kappa shape index (κ3) is 1.59. The number of halogens is 1. The van der Waals surface area contributed by atoms with Crippen molar-refractivity contribution in [1.82, 2.24) is 9.80 Å². The fourth-order valence-corrected chi connectivity index (χ4v) is 8.01. The summed E-state index contributed by atoms with van der Waals surface area (Å²) in [7, 11) is 0.635. The van der Waals surface area contributed by atoms with Crippen molar-refractivity contribution in [2.75, 3.05) is 7.05 Å². The Morgan fingerprint density at radius 1 is 1.28 bits per heavy atom. The molecule has 1 aromatic carbocycles. The molecule has 1 aromatic rings. The molecule has 0 radical (unpaired) electrons. The highest BCUT2D eigenvalue weighted by Crippen LogP contribution is 2.64. The van der Waals surface area contributed by atoms with Crippen LogP contribution in [0.15, 0.2) is 24.3 Å². The van der Waals surface area contributed by atoms with Crippen LogP contribution in [-0.4, -0.2) is 38.4 Å². The molecule has 2 amide bonds. The second-order valence-electron chi connectivity index (χ2n) is 7.24. The fraction of sp³-hybridized carbons (Fsp3) is 0.471. The van der Waals surface area contributed by atoms with Gasteiger partial charge in [-0.25, -0.2) is 4.39 Å². The molecule has 3 aliphatic heterocycles. The average molecular weight is 377 g/mol. The summed E-state index contributed by atoms with van der Waals surface area (Å²) in [5, 5.41) is 9.86. The van der Waals surface area contributed by atoms with Gasteiger partial charge in [0, 0.05) is 13.5 Å². The first-order valence-corrected chi connectivity index (χ1v) is 10.0. The van der Waals surface area contributed by atoms with Crippen molar-refractivity contribution in [3.63, 3.8) is 0 Å². The second-order valence-corrected chi connectivity index (χ2v) is 10.2. The number of nitriles is 1. The second kappa shape index (κ2) is 4.65. The van der Waals surface area contributed by atoms with Gasteiger partial charge in [0.2, 0.25) is 0 Å². The van der Waals surface area contributed by atoms with Gasteiger partial charge in [-0.1, -0.05) is 21.6 Å². The topological polar surface area (TPSA) is 64.4 Å². The normalized spacial score (nSPS) is 42.0. The van der Waals surface area contributed by atoms with Crippen LogP contribution in [0.25, 0.3) is 0 Å². The van der Waals surface area contributed by atoms with Gasteiger partial charge in [-0.2, -0.15) is 5.26 Å². The molecule has 0 aliphatic carbocycles. The van der Waals surface area contributed by atoms with E-state index in [9.17, 15) is 19.2 Å². The van der Waals surface area contributed by atoms with Gasteiger partial charge >= 0.3 is 0 Å². The smallest absolute Gasteiger partial charge is 0.261 e. The monoisotopic (exact) mass is 377 g/mol. The van der Waals surface area contributed by atoms with E-state index in [1.807, 2.05) is 0 Å². The minimum absolute atomic E-state index is 0.195. The number of carbonyl (C=O) groups is 2. The minimum atomic E-state index is -1.15. The number of nitrogens with zero attached hydrogens (tertiary/aromatic N) is 3. The molecular formula is C17H16FN3O2S2. The lowest BCUT2D eigenvalue weighted by Crippen LogP contribution is -2.60. The Balaban J connectivity index is 1.97. The molecule has 5 atom stereocenters. The summed E-state index contributed by atoms with van der Waals surface area (Å²) in [6.07, 6.45) is 0.204. The largest absolute Gasteiger partial charge is 0.320 e. The van der Waals surface area contributed by atoms with Crippen molar-refractivity contribution in [2.24, 2.45) is 5.41 Å². The van der Waals surface area contributed by atoms with Crippen molar-refractivity contribution in [3.8, 4) is 6.07 Å². The van der Waals surface area contributed by atoms with Crippen LogP contribution in [0, 0.1) is 22.6 Å². The summed E-state index contributed by atoms with van der Waals surface area (Å²) >= 11 is 5.69. The van der Waals surface area contributed by atoms with Crippen LogP contribution >= 0.6 is 0 Å². The molecule has 2 bridgehead atoms. The van der Waals surface area contributed by atoms with E-state index in [0.29, 0.717) is 5.56 Å². The third-order valence-corrected chi connectivity index (χ3v) is 9.96. The Bertz CT molecular complexity index is 898. The number of fused-ring (bicyclic) bond motifs is 1. The van der Waals surface area contributed by atoms with E-state index in [1.165, 1.54) is 17.0 Å². The van der Waals surface area contributed by atoms with Crippen LogP contribution < -0.4 is 0 Å². The fourth-order valence-electron chi connectivity index (χ4n) is 4.49. The number of rotatable bonds is 1. The van der Waals surface area contributed by atoms with Crippen molar-refractivity contribution < 1.29 is 14.0 Å². The highest BCUT2D eigenvalue weighted by atomic mass is 32.8. The summed E-state index contributed by atoms with van der Waals surface area (Å²) < 4.78 is 13.4. The summed E-state index contributed by atoms with van der Waals surface area (Å²) in [5.74, 6) is -0.810. The molecule has 0 aromatic heterocycles. The van der Waals surface area contributed by atoms with Gasteiger partial charge in [0.15, 0.2) is 9.74 Å². The minimum Gasteiger partial charge on any atom is -0.320 e. The molecule has 3 saturated heterocycles. The van der Waals surface area contributed by atoms with Crippen molar-refractivity contribution >= 4 is 32.5 Å². The Morgan fingerprint density at radius 2 is 1.88 bits per heavy atom. The van der Waals surface area contributed by atoms with Crippen LogP contribution in [0.2, 0.25) is 0 Å². The molecule has 0 saturated carbocycles. The third-order valence-electron chi connectivity index (χ3n) is 5.86. The molecule has 5 nitrogen and oxygen atoms in total. The summed E-state index contributed by atoms with van der Waals surface area (Å²) in [6.45, 7) is 3.46. The lowest BCUT2D eigenvalue weighted by Gasteiger charge is -2.39. The molecular weight excluding hydrogens is 361 g/mol. The number of hydrogen-bond acceptors (Lipinski definition) is 4. The van der Waals surface area contributed by atoms with Crippen LogP contribution in [0.1, 0.15) is 31.9 Å². The molecule has 1 spiro atoms. The molecule has 2 unspecified atom stereocenters. The zero-order valence-corrected chi connectivity index (χ0v) is 15.6. The quantitative estimate of drug-likeness (QED) is 0.746. The molecule has 8 heteroatoms. The van der Waals surface area contributed by atoms with E-state index >= 15 is 0 Å². The number of carbonyl (C=O) groups excluding carboxylic acids is 2. The van der Waals surface area contributed by atoms with Crippen LogP contribution in [0.3, 0.4) is 0 Å². The van der Waals surface area contributed by atoms with Gasteiger partial charge < -0.3 is 9.80 Å². The Morgan fingerprint density at radius 3 is 2.44 bits per heavy atom. The zero-order valence-electron chi connectivity index (χ0n) is 13.9. The standard InChI is InChI=1S/C17H16FN3O2S2/c1-15(9-19)8-17-14(23)20(3)16(2,25(17)24)13(22)21(17)12(15)10-4-6-11(18)7-5-10/h4-7,12H,8H2,1-3H3/t12?,15-,16+,17+,25?/m1/s1. The van der Waals surface area contributed by atoms with E-state index in [0.717, 1.165) is 0 Å². The maximum absolute atomic E-state index is 13.4. The molecule has 130 valence electrons. The lowest BCUT2D eigenvalue weighted by atomic mass is 9.79. The molecule has 25 heavy (non-hydrogen) atoms. The summed E-state index contributed by atoms with van der Waals surface area (Å²) in [5.41, 5.74) is -0.325. The van der Waals surface area contributed by atoms with Crippen LogP contribution in [0.4, 0.5) is 4.39 Å². The maximum atomic E-state index is 13.4. The predicted molar refractivity (Wildman–Crippen MR) is 93.0 cm³/mol. The zero-order chi connectivity index (χ0) is 18.4. The lowest BCUT2D eigenvalue weighted by molar-refractivity contribution is -0.159. The van der Waals surface area contributed by atoms with E-state index in [2.05, 4.69) is 6.07 Å². The number of likely N-dealkylation sites (N-methyl/N-ethyl adjacent to an activating group) is 1. The Kier molecular flexibility index (Phi) is 3.09. The first-order chi connectivity index (χ1) is 11.6. The van der Waals surface area contributed by atoms with Crippen molar-refractivity contribution in [3.05, 3.63) is 35.6 Å². The van der Waals surface area contributed by atoms with Crippen LogP contribution in [-0.2, 0) is 30.2 Å². The highest BCUT2D eigenvalue weighted by Gasteiger charge is 2.80. The number of benzene rings is 1. The number of piperazine rings is 1. The highest BCUT2D eigenvalue weighted by molar-refractivity contribution is 8.31. The van der Waals surface area contributed by atoms with Crippen LogP contribution in [0.5, 0.6) is 0 Å². The van der Waals surface area contributed by atoms with Crippen molar-refractivity contribution in [2.45, 2.75) is 36.1 Å². The SMILES string of the molecule is CN1C(=O)[C@@]23C[C@](C)(C#N)C(c4ccc(F)cc4)N2C(=O)[C@]1(C)S3=S. The molecule has 3 heterocycles. The maximum Gasteiger partial charge on any atom is 0.261 e. The predicted octanol–water partition coefficient (Wildman–Crippen LogP) is 1.61. The van der Waals surface area contributed by atoms with Gasteiger partial charge in [-0.15, -0.1) is 0 Å². The van der Waals surface area contributed by atoms with Gasteiger partial charge in [-0.05, 0) is 42.7 Å². The number of amides is 2. The van der Waals surface area contributed by atoms with Gasteiger partial charge in [0.25, 0.3) is 11.8 Å². The van der Waals surface area contributed by atoms with E-state index in [1.54, 1.807) is 37.9 Å². The van der Waals surface area contributed by atoms with Gasteiger partial charge in [-0.3, -0.25) is 9.59 Å². The molecule has 0 N–H and O–H groups in total. The van der Waals surface area contributed by atoms with E-state index < -0.39 is 36.5 Å². The number of hydrogen-bond donors (Lipinski definition) is 0. The molecule has 4 rings (SSSR count). The van der Waals surface area contributed by atoms with Crippen molar-refractivity contribution in [1.29, 1.82) is 5.26 Å². The Hall–Kier alpha value is -1.85. The van der Waals surface area contributed by atoms with Gasteiger partial charge in [0.1, 0.15) is 5.82 Å². The first-order valence-electron chi connectivity index (χ1n) is 7.85. The summed E-state index contributed by atoms with van der Waals surface area (Å²) in [4.78, 5) is 27.1. The molecule has 3 fully saturated rings. The Labute approximate surface area is 152 Å². The summed E-state index contributed by atoms with van der Waals surface area (Å²) in [6, 6.07) is 7.44. The first kappa shape index (κ1) is 16.6. The van der Waals surface area contributed by atoms with E-state index in [4.69, 9.17) is 11.2 Å². The average Bonchev–Trinajstić information content (AvgIpc) is 3.02. The van der Waals surface area contributed by atoms with Gasteiger partial charge in [0.05, 0.1) is 17.5 Å². The molecule has 3 aliphatic rings. The van der Waals surface area contributed by atoms with E-state index in [-0.39, 0.29) is 18.2 Å².